The molecule has 4 aromatic rings. The third-order valence-corrected chi connectivity index (χ3v) is 6.98. The number of hydrogen-bond acceptors (Lipinski definition) is 4. The highest BCUT2D eigenvalue weighted by atomic mass is 19.1. The van der Waals surface area contributed by atoms with Gasteiger partial charge in [0.15, 0.2) is 0 Å². The lowest BCUT2D eigenvalue weighted by molar-refractivity contribution is -0.117. The molecule has 1 aromatic heterocycles. The Bertz CT molecular complexity index is 1540. The van der Waals surface area contributed by atoms with Crippen LogP contribution in [0.1, 0.15) is 42.2 Å². The third kappa shape index (κ3) is 6.55. The highest BCUT2D eigenvalue weighted by molar-refractivity contribution is 6.07. The molecule has 9 heteroatoms. The van der Waals surface area contributed by atoms with Crippen LogP contribution in [0.3, 0.4) is 0 Å². The first-order valence-electron chi connectivity index (χ1n) is 13.3. The highest BCUT2D eigenvalue weighted by Gasteiger charge is 2.20. The molecule has 3 aromatic carbocycles. The summed E-state index contributed by atoms with van der Waals surface area (Å²) < 4.78 is 21.7. The van der Waals surface area contributed by atoms with E-state index in [1.165, 1.54) is 13.0 Å². The zero-order valence-electron chi connectivity index (χ0n) is 22.2. The molecule has 8 nitrogen and oxygen atoms in total. The van der Waals surface area contributed by atoms with Crippen molar-refractivity contribution in [3.05, 3.63) is 89.9 Å². The number of hydrogen-bond donors (Lipinski definition) is 3. The number of carbonyl (C=O) groups excluding carboxylic acids is 3. The molecule has 1 aliphatic heterocycles. The van der Waals surface area contributed by atoms with E-state index < -0.39 is 0 Å². The van der Waals surface area contributed by atoms with Gasteiger partial charge in [0, 0.05) is 60.1 Å². The van der Waals surface area contributed by atoms with Crippen molar-refractivity contribution < 1.29 is 23.5 Å². The van der Waals surface area contributed by atoms with Gasteiger partial charge in [0.25, 0.3) is 5.91 Å². The Labute approximate surface area is 231 Å². The Balaban J connectivity index is 1.41. The lowest BCUT2D eigenvalue weighted by Gasteiger charge is -2.21. The summed E-state index contributed by atoms with van der Waals surface area (Å²) in [7, 11) is 0. The van der Waals surface area contributed by atoms with E-state index in [0.29, 0.717) is 53.9 Å². The van der Waals surface area contributed by atoms with Crippen LogP contribution in [0.2, 0.25) is 0 Å². The number of carbonyl (C=O) groups is 3. The Hall–Kier alpha value is -4.50. The van der Waals surface area contributed by atoms with Crippen molar-refractivity contribution in [3.8, 4) is 0 Å². The van der Waals surface area contributed by atoms with Crippen molar-refractivity contribution in [2.75, 3.05) is 29.2 Å². The Morgan fingerprint density at radius 2 is 1.55 bits per heavy atom. The second-order valence-electron chi connectivity index (χ2n) is 10.0. The second kappa shape index (κ2) is 12.1. The van der Waals surface area contributed by atoms with Gasteiger partial charge in [-0.05, 0) is 73.4 Å². The predicted octanol–water partition coefficient (Wildman–Crippen LogP) is 5.79. The molecular formula is C31H31FN4O4. The Kier molecular flexibility index (Phi) is 8.21. The molecule has 0 spiro atoms. The summed E-state index contributed by atoms with van der Waals surface area (Å²) in [4.78, 5) is 37.4. The highest BCUT2D eigenvalue weighted by Crippen LogP contribution is 2.27. The first-order valence-corrected chi connectivity index (χ1v) is 13.3. The van der Waals surface area contributed by atoms with E-state index in [-0.39, 0.29) is 30.1 Å². The van der Waals surface area contributed by atoms with Gasteiger partial charge in [-0.15, -0.1) is 0 Å². The monoisotopic (exact) mass is 542 g/mol. The minimum absolute atomic E-state index is 0.0577. The molecule has 3 amide bonds. The van der Waals surface area contributed by atoms with Crippen LogP contribution in [0.4, 0.5) is 21.5 Å². The summed E-state index contributed by atoms with van der Waals surface area (Å²) in [6.45, 7) is 2.94. The summed E-state index contributed by atoms with van der Waals surface area (Å²) in [6.07, 6.45) is 2.18. The molecule has 3 N–H and O–H groups in total. The largest absolute Gasteiger partial charge is 0.381 e. The number of amides is 3. The van der Waals surface area contributed by atoms with Crippen molar-refractivity contribution in [3.63, 3.8) is 0 Å². The van der Waals surface area contributed by atoms with Gasteiger partial charge in [-0.2, -0.15) is 0 Å². The molecule has 0 bridgehead atoms. The SMILES string of the molecule is CC(=O)Nc1ccc(NC(=O)c2cc3cc(NC(=O)CC4CCOCC4)ccc3n2Cc2ccccc2F)cc1. The van der Waals surface area contributed by atoms with Crippen molar-refractivity contribution >= 4 is 45.7 Å². The molecule has 40 heavy (non-hydrogen) atoms. The van der Waals surface area contributed by atoms with Crippen LogP contribution in [0, 0.1) is 11.7 Å². The van der Waals surface area contributed by atoms with Crippen LogP contribution in [0.25, 0.3) is 10.9 Å². The third-order valence-electron chi connectivity index (χ3n) is 6.98. The first-order chi connectivity index (χ1) is 19.4. The lowest BCUT2D eigenvalue weighted by Crippen LogP contribution is -2.22. The standard InChI is InChI=1S/C31H31FN4O4/c1-20(37)33-24-6-8-25(9-7-24)35-31(39)29-18-23-17-26(34-30(38)16-21-12-14-40-15-13-21)10-11-28(23)36(29)19-22-4-2-3-5-27(22)32/h2-11,17-18,21H,12-16,19H2,1H3,(H,33,37)(H,34,38)(H,35,39). The minimum atomic E-state index is -0.370. The fraction of sp³-hybridized carbons (Fsp3) is 0.258. The van der Waals surface area contributed by atoms with Crippen LogP contribution in [0.5, 0.6) is 0 Å². The molecule has 0 saturated carbocycles. The van der Waals surface area contributed by atoms with Crippen molar-refractivity contribution in [1.82, 2.24) is 4.57 Å². The number of nitrogens with zero attached hydrogens (tertiary/aromatic N) is 1. The smallest absolute Gasteiger partial charge is 0.272 e. The van der Waals surface area contributed by atoms with Crippen molar-refractivity contribution in [2.45, 2.75) is 32.7 Å². The molecule has 1 aliphatic rings. The molecule has 0 radical (unpaired) electrons. The van der Waals surface area contributed by atoms with Gasteiger partial charge in [-0.25, -0.2) is 4.39 Å². The van der Waals surface area contributed by atoms with Gasteiger partial charge in [-0.3, -0.25) is 14.4 Å². The van der Waals surface area contributed by atoms with Gasteiger partial charge in [0.05, 0.1) is 6.54 Å². The molecule has 1 saturated heterocycles. The quantitative estimate of drug-likeness (QED) is 0.262. The van der Waals surface area contributed by atoms with E-state index in [0.717, 1.165) is 23.7 Å². The fourth-order valence-corrected chi connectivity index (χ4v) is 4.96. The minimum Gasteiger partial charge on any atom is -0.381 e. The second-order valence-corrected chi connectivity index (χ2v) is 10.0. The number of aromatic nitrogens is 1. The number of fused-ring (bicyclic) bond motifs is 1. The van der Waals surface area contributed by atoms with E-state index in [4.69, 9.17) is 4.74 Å². The van der Waals surface area contributed by atoms with E-state index in [1.54, 1.807) is 59.2 Å². The lowest BCUT2D eigenvalue weighted by atomic mass is 9.96. The van der Waals surface area contributed by atoms with Gasteiger partial charge >= 0.3 is 0 Å². The topological polar surface area (TPSA) is 101 Å². The fourth-order valence-electron chi connectivity index (χ4n) is 4.96. The zero-order chi connectivity index (χ0) is 28.1. The van der Waals surface area contributed by atoms with Gasteiger partial charge in [-0.1, -0.05) is 18.2 Å². The average Bonchev–Trinajstić information content (AvgIpc) is 3.29. The summed E-state index contributed by atoms with van der Waals surface area (Å²) >= 11 is 0. The van der Waals surface area contributed by atoms with E-state index in [9.17, 15) is 18.8 Å². The number of rotatable bonds is 8. The van der Waals surface area contributed by atoms with Crippen LogP contribution < -0.4 is 16.0 Å². The van der Waals surface area contributed by atoms with E-state index >= 15 is 0 Å². The Morgan fingerprint density at radius 1 is 0.875 bits per heavy atom. The molecule has 1 fully saturated rings. The number of anilines is 3. The van der Waals surface area contributed by atoms with Gasteiger partial charge in [0.1, 0.15) is 11.5 Å². The Morgan fingerprint density at radius 3 is 2.25 bits per heavy atom. The average molecular weight is 543 g/mol. The maximum Gasteiger partial charge on any atom is 0.272 e. The van der Waals surface area contributed by atoms with Gasteiger partial charge in [0.2, 0.25) is 11.8 Å². The van der Waals surface area contributed by atoms with E-state index in [2.05, 4.69) is 16.0 Å². The summed E-state index contributed by atoms with van der Waals surface area (Å²) in [6, 6.07) is 20.4. The summed E-state index contributed by atoms with van der Waals surface area (Å²) in [5.41, 5.74) is 3.32. The van der Waals surface area contributed by atoms with E-state index in [1.807, 2.05) is 12.1 Å². The van der Waals surface area contributed by atoms with Crippen molar-refractivity contribution in [2.24, 2.45) is 5.92 Å². The molecule has 0 aliphatic carbocycles. The van der Waals surface area contributed by atoms with Crippen LogP contribution in [0.15, 0.2) is 72.8 Å². The molecule has 206 valence electrons. The molecule has 5 rings (SSSR count). The maximum absolute atomic E-state index is 14.6. The molecule has 0 unspecified atom stereocenters. The first kappa shape index (κ1) is 27.1. The van der Waals surface area contributed by atoms with Crippen molar-refractivity contribution in [1.29, 1.82) is 0 Å². The molecular weight excluding hydrogens is 511 g/mol. The van der Waals surface area contributed by atoms with Gasteiger partial charge < -0.3 is 25.3 Å². The normalized spacial score (nSPS) is 13.7. The van der Waals surface area contributed by atoms with Crippen LogP contribution >= 0.6 is 0 Å². The zero-order valence-corrected chi connectivity index (χ0v) is 22.2. The summed E-state index contributed by atoms with van der Waals surface area (Å²) in [5.74, 6) is -0.667. The number of ether oxygens (including phenoxy) is 1. The summed E-state index contributed by atoms with van der Waals surface area (Å²) in [5, 5.41) is 9.30. The molecule has 2 heterocycles. The van der Waals surface area contributed by atoms with Crippen LogP contribution in [-0.2, 0) is 20.9 Å². The number of halogens is 1. The predicted molar refractivity (Wildman–Crippen MR) is 153 cm³/mol. The molecule has 0 atom stereocenters. The maximum atomic E-state index is 14.6. The van der Waals surface area contributed by atoms with Crippen LogP contribution in [-0.4, -0.2) is 35.5 Å². The number of nitrogens with one attached hydrogen (secondary N) is 3. The number of benzene rings is 3.